The van der Waals surface area contributed by atoms with Crippen LogP contribution < -0.4 is 16.8 Å². The Labute approximate surface area is 88.0 Å². The average Bonchev–Trinajstić information content (AvgIpc) is 2.44. The molecule has 0 atom stereocenters. The first-order chi connectivity index (χ1) is 6.15. The van der Waals surface area contributed by atoms with Crippen LogP contribution in [-0.4, -0.2) is 22.2 Å². The highest BCUT2D eigenvalue weighted by molar-refractivity contribution is 5.85. The number of carbonyl (C=O) groups is 1. The van der Waals surface area contributed by atoms with Crippen LogP contribution in [0.25, 0.3) is 0 Å². The summed E-state index contributed by atoms with van der Waals surface area (Å²) in [5.41, 5.74) is 11.6. The fraction of sp³-hybridized carbons (Fsp3) is 0.429. The maximum absolute atomic E-state index is 10.8. The number of halogens is 1. The minimum absolute atomic E-state index is 0. The SMILES string of the molecule is Cl.Cn1ncc(CNC(=O)CN)c1N. The van der Waals surface area contributed by atoms with Gasteiger partial charge in [0.1, 0.15) is 5.82 Å². The van der Waals surface area contributed by atoms with Gasteiger partial charge in [-0.05, 0) is 0 Å². The van der Waals surface area contributed by atoms with Crippen LogP contribution in [0.15, 0.2) is 6.20 Å². The van der Waals surface area contributed by atoms with Crippen molar-refractivity contribution in [1.82, 2.24) is 15.1 Å². The number of amides is 1. The van der Waals surface area contributed by atoms with Crippen molar-refractivity contribution >= 4 is 24.1 Å². The number of nitrogens with one attached hydrogen (secondary N) is 1. The van der Waals surface area contributed by atoms with Gasteiger partial charge in [-0.2, -0.15) is 5.10 Å². The Morgan fingerprint density at radius 3 is 2.79 bits per heavy atom. The van der Waals surface area contributed by atoms with E-state index in [-0.39, 0.29) is 24.9 Å². The Morgan fingerprint density at radius 1 is 1.71 bits per heavy atom. The molecule has 0 spiro atoms. The lowest BCUT2D eigenvalue weighted by Crippen LogP contribution is -2.29. The number of anilines is 1. The van der Waals surface area contributed by atoms with Gasteiger partial charge in [-0.1, -0.05) is 0 Å². The molecule has 14 heavy (non-hydrogen) atoms. The van der Waals surface area contributed by atoms with E-state index in [1.54, 1.807) is 17.9 Å². The van der Waals surface area contributed by atoms with Gasteiger partial charge in [0.15, 0.2) is 0 Å². The van der Waals surface area contributed by atoms with Crippen LogP contribution in [0.5, 0.6) is 0 Å². The number of nitrogens with two attached hydrogens (primary N) is 2. The fourth-order valence-corrected chi connectivity index (χ4v) is 0.895. The minimum Gasteiger partial charge on any atom is -0.384 e. The molecule has 0 aliphatic rings. The molecule has 0 saturated heterocycles. The zero-order valence-corrected chi connectivity index (χ0v) is 8.67. The molecule has 80 valence electrons. The highest BCUT2D eigenvalue weighted by Gasteiger charge is 2.04. The summed E-state index contributed by atoms with van der Waals surface area (Å²) in [4.78, 5) is 10.8. The third-order valence-electron chi connectivity index (χ3n) is 1.73. The Morgan fingerprint density at radius 2 is 2.36 bits per heavy atom. The molecule has 1 heterocycles. The van der Waals surface area contributed by atoms with Gasteiger partial charge in [0, 0.05) is 19.2 Å². The van der Waals surface area contributed by atoms with Gasteiger partial charge in [0.25, 0.3) is 0 Å². The molecule has 1 rings (SSSR count). The van der Waals surface area contributed by atoms with Crippen LogP contribution in [0.4, 0.5) is 5.82 Å². The summed E-state index contributed by atoms with van der Waals surface area (Å²) in [6.45, 7) is 0.357. The van der Waals surface area contributed by atoms with E-state index in [1.165, 1.54) is 0 Å². The molecule has 7 heteroatoms. The molecular formula is C7H14ClN5O. The second kappa shape index (κ2) is 5.46. The smallest absolute Gasteiger partial charge is 0.234 e. The van der Waals surface area contributed by atoms with Crippen LogP contribution >= 0.6 is 12.4 Å². The molecule has 0 bridgehead atoms. The predicted molar refractivity (Wildman–Crippen MR) is 55.8 cm³/mol. The lowest BCUT2D eigenvalue weighted by atomic mass is 10.3. The van der Waals surface area contributed by atoms with Crippen molar-refractivity contribution < 1.29 is 4.79 Å². The highest BCUT2D eigenvalue weighted by atomic mass is 35.5. The van der Waals surface area contributed by atoms with Crippen LogP contribution in [0, 0.1) is 0 Å². The van der Waals surface area contributed by atoms with Crippen LogP contribution in [0.3, 0.4) is 0 Å². The molecule has 0 aliphatic carbocycles. The maximum atomic E-state index is 10.8. The molecule has 1 amide bonds. The van der Waals surface area contributed by atoms with Crippen LogP contribution in [-0.2, 0) is 18.4 Å². The van der Waals surface area contributed by atoms with E-state index in [1.807, 2.05) is 0 Å². The molecule has 0 aromatic carbocycles. The van der Waals surface area contributed by atoms with Crippen molar-refractivity contribution in [1.29, 1.82) is 0 Å². The first-order valence-electron chi connectivity index (χ1n) is 3.88. The molecule has 0 saturated carbocycles. The highest BCUT2D eigenvalue weighted by Crippen LogP contribution is 2.07. The predicted octanol–water partition coefficient (Wildman–Crippen LogP) is -1.00. The van der Waals surface area contributed by atoms with Crippen molar-refractivity contribution in [2.75, 3.05) is 12.3 Å². The van der Waals surface area contributed by atoms with Gasteiger partial charge in [-0.25, -0.2) is 0 Å². The number of aromatic nitrogens is 2. The summed E-state index contributed by atoms with van der Waals surface area (Å²) in [6.07, 6.45) is 1.62. The van der Waals surface area contributed by atoms with Gasteiger partial charge in [-0.15, -0.1) is 12.4 Å². The largest absolute Gasteiger partial charge is 0.384 e. The Kier molecular flexibility index (Phi) is 4.96. The van der Waals surface area contributed by atoms with Gasteiger partial charge in [0.05, 0.1) is 12.7 Å². The van der Waals surface area contributed by atoms with E-state index < -0.39 is 0 Å². The van der Waals surface area contributed by atoms with E-state index in [0.717, 1.165) is 5.56 Å². The summed E-state index contributed by atoms with van der Waals surface area (Å²) >= 11 is 0. The van der Waals surface area contributed by atoms with Crippen LogP contribution in [0.2, 0.25) is 0 Å². The van der Waals surface area contributed by atoms with Gasteiger partial charge < -0.3 is 16.8 Å². The van der Waals surface area contributed by atoms with Gasteiger partial charge in [0.2, 0.25) is 5.91 Å². The number of hydrogen-bond acceptors (Lipinski definition) is 4. The standard InChI is InChI=1S/C7H13N5O.ClH/c1-12-7(9)5(4-11-12)3-10-6(13)2-8;/h4H,2-3,8-9H2,1H3,(H,10,13);1H. The van der Waals surface area contributed by atoms with Crippen LogP contribution in [0.1, 0.15) is 5.56 Å². The fourth-order valence-electron chi connectivity index (χ4n) is 0.895. The van der Waals surface area contributed by atoms with E-state index in [2.05, 4.69) is 10.4 Å². The summed E-state index contributed by atoms with van der Waals surface area (Å²) in [5, 5.41) is 6.53. The number of rotatable bonds is 3. The zero-order chi connectivity index (χ0) is 9.84. The summed E-state index contributed by atoms with van der Waals surface area (Å²) in [7, 11) is 1.74. The normalized spacial score (nSPS) is 9.29. The monoisotopic (exact) mass is 219 g/mol. The van der Waals surface area contributed by atoms with E-state index >= 15 is 0 Å². The number of nitrogens with zero attached hydrogens (tertiary/aromatic N) is 2. The van der Waals surface area contributed by atoms with Gasteiger partial charge >= 0.3 is 0 Å². The maximum Gasteiger partial charge on any atom is 0.234 e. The molecule has 1 aromatic rings. The van der Waals surface area contributed by atoms with Gasteiger partial charge in [-0.3, -0.25) is 9.48 Å². The molecule has 0 radical (unpaired) electrons. The molecule has 0 aliphatic heterocycles. The second-order valence-corrected chi connectivity index (χ2v) is 2.66. The van der Waals surface area contributed by atoms with Crippen molar-refractivity contribution in [3.8, 4) is 0 Å². The average molecular weight is 220 g/mol. The Bertz CT molecular complexity index is 311. The molecule has 0 fully saturated rings. The van der Waals surface area contributed by atoms with E-state index in [9.17, 15) is 4.79 Å². The number of nitrogen functional groups attached to an aromatic ring is 1. The van der Waals surface area contributed by atoms with E-state index in [4.69, 9.17) is 11.5 Å². The van der Waals surface area contributed by atoms with E-state index in [0.29, 0.717) is 12.4 Å². The third kappa shape index (κ3) is 2.90. The Balaban J connectivity index is 0.00000169. The lowest BCUT2D eigenvalue weighted by Gasteiger charge is -2.02. The Hall–Kier alpha value is -1.27. The summed E-state index contributed by atoms with van der Waals surface area (Å²) in [5.74, 6) is 0.348. The quantitative estimate of drug-likeness (QED) is 0.607. The molecular weight excluding hydrogens is 206 g/mol. The minimum atomic E-state index is -0.205. The summed E-state index contributed by atoms with van der Waals surface area (Å²) < 4.78 is 1.55. The van der Waals surface area contributed by atoms with Crippen molar-refractivity contribution in [3.05, 3.63) is 11.8 Å². The first-order valence-corrected chi connectivity index (χ1v) is 3.88. The number of hydrogen-bond donors (Lipinski definition) is 3. The zero-order valence-electron chi connectivity index (χ0n) is 7.86. The summed E-state index contributed by atoms with van der Waals surface area (Å²) in [6, 6.07) is 0. The third-order valence-corrected chi connectivity index (χ3v) is 1.73. The molecule has 6 nitrogen and oxygen atoms in total. The topological polar surface area (TPSA) is 99.0 Å². The van der Waals surface area contributed by atoms with Crippen molar-refractivity contribution in [2.45, 2.75) is 6.54 Å². The van der Waals surface area contributed by atoms with Crippen molar-refractivity contribution in [3.63, 3.8) is 0 Å². The lowest BCUT2D eigenvalue weighted by molar-refractivity contribution is -0.119. The number of carbonyl (C=O) groups excluding carboxylic acids is 1. The second-order valence-electron chi connectivity index (χ2n) is 2.66. The molecule has 1 aromatic heterocycles. The molecule has 0 unspecified atom stereocenters. The number of aryl methyl sites for hydroxylation is 1. The van der Waals surface area contributed by atoms with Crippen molar-refractivity contribution in [2.24, 2.45) is 12.8 Å². The molecule has 5 N–H and O–H groups in total. The first kappa shape index (κ1) is 12.7.